The van der Waals surface area contributed by atoms with Crippen LogP contribution in [0.5, 0.6) is 5.75 Å². The van der Waals surface area contributed by atoms with Crippen LogP contribution < -0.4 is 15.8 Å². The molecule has 2 rings (SSSR count). The fourth-order valence-electron chi connectivity index (χ4n) is 1.70. The van der Waals surface area contributed by atoms with Crippen molar-refractivity contribution in [1.82, 2.24) is 0 Å². The number of nitrogens with one attached hydrogen (secondary N) is 1. The number of carbonyl (C=O) groups excluding carboxylic acids is 2. The summed E-state index contributed by atoms with van der Waals surface area (Å²) in [5.74, 6) is 0.277. The number of aldehydes is 1. The maximum Gasteiger partial charge on any atom is 0.255 e. The SMILES string of the molecule is CN.Cc1ccc(NC(=O)c2cccc(OCC=O)c2)cc1. The van der Waals surface area contributed by atoms with Crippen LogP contribution in [0.15, 0.2) is 48.5 Å². The van der Waals surface area contributed by atoms with Crippen LogP contribution in [0.1, 0.15) is 15.9 Å². The van der Waals surface area contributed by atoms with Gasteiger partial charge in [0.05, 0.1) is 0 Å². The summed E-state index contributed by atoms with van der Waals surface area (Å²) >= 11 is 0. The normalized spacial score (nSPS) is 9.23. The topological polar surface area (TPSA) is 81.4 Å². The van der Waals surface area contributed by atoms with Gasteiger partial charge in [-0.15, -0.1) is 0 Å². The number of carbonyl (C=O) groups is 2. The molecule has 0 aliphatic heterocycles. The van der Waals surface area contributed by atoms with Crippen LogP contribution in [-0.2, 0) is 4.79 Å². The number of aryl methyl sites for hydroxylation is 1. The van der Waals surface area contributed by atoms with E-state index < -0.39 is 0 Å². The number of amides is 1. The van der Waals surface area contributed by atoms with Gasteiger partial charge in [-0.1, -0.05) is 23.8 Å². The van der Waals surface area contributed by atoms with Gasteiger partial charge in [-0.05, 0) is 44.3 Å². The molecule has 0 aromatic heterocycles. The molecule has 0 bridgehead atoms. The Kier molecular flexibility index (Phi) is 7.36. The van der Waals surface area contributed by atoms with E-state index in [0.717, 1.165) is 11.3 Å². The Morgan fingerprint density at radius 1 is 1.18 bits per heavy atom. The predicted octanol–water partition coefficient (Wildman–Crippen LogP) is 2.40. The zero-order valence-electron chi connectivity index (χ0n) is 12.7. The number of hydrogen-bond donors (Lipinski definition) is 2. The minimum atomic E-state index is -0.217. The first-order chi connectivity index (χ1) is 10.7. The maximum absolute atomic E-state index is 12.1. The van der Waals surface area contributed by atoms with E-state index in [0.29, 0.717) is 17.6 Å². The number of nitrogens with two attached hydrogens (primary N) is 1. The zero-order chi connectivity index (χ0) is 16.4. The van der Waals surface area contributed by atoms with E-state index >= 15 is 0 Å². The Balaban J connectivity index is 0.00000116. The number of ether oxygens (including phenoxy) is 1. The van der Waals surface area contributed by atoms with Crippen LogP contribution in [0, 0.1) is 6.92 Å². The molecule has 0 aliphatic carbocycles. The van der Waals surface area contributed by atoms with Crippen LogP contribution in [0.4, 0.5) is 5.69 Å². The molecule has 2 aromatic carbocycles. The largest absolute Gasteiger partial charge is 0.486 e. The average molecular weight is 300 g/mol. The van der Waals surface area contributed by atoms with Crippen molar-refractivity contribution >= 4 is 17.9 Å². The summed E-state index contributed by atoms with van der Waals surface area (Å²) in [6.07, 6.45) is 0.666. The number of benzene rings is 2. The van der Waals surface area contributed by atoms with E-state index in [1.54, 1.807) is 24.3 Å². The van der Waals surface area contributed by atoms with Crippen LogP contribution >= 0.6 is 0 Å². The van der Waals surface area contributed by atoms with E-state index in [1.807, 2.05) is 31.2 Å². The predicted molar refractivity (Wildman–Crippen MR) is 87.2 cm³/mol. The van der Waals surface area contributed by atoms with Gasteiger partial charge in [0.2, 0.25) is 0 Å². The molecule has 5 heteroatoms. The van der Waals surface area contributed by atoms with Crippen molar-refractivity contribution in [2.75, 3.05) is 19.0 Å². The van der Waals surface area contributed by atoms with Crippen LogP contribution in [0.25, 0.3) is 0 Å². The molecule has 1 amide bonds. The monoisotopic (exact) mass is 300 g/mol. The lowest BCUT2D eigenvalue weighted by Crippen LogP contribution is -2.12. The fourth-order valence-corrected chi connectivity index (χ4v) is 1.70. The van der Waals surface area contributed by atoms with Gasteiger partial charge in [-0.2, -0.15) is 0 Å². The van der Waals surface area contributed by atoms with E-state index in [-0.39, 0.29) is 12.5 Å². The van der Waals surface area contributed by atoms with Gasteiger partial charge in [0.1, 0.15) is 12.4 Å². The van der Waals surface area contributed by atoms with Crippen molar-refractivity contribution in [3.05, 3.63) is 59.7 Å². The molecule has 0 saturated heterocycles. The first-order valence-electron chi connectivity index (χ1n) is 6.81. The molecule has 116 valence electrons. The smallest absolute Gasteiger partial charge is 0.255 e. The molecule has 0 saturated carbocycles. The third kappa shape index (κ3) is 5.38. The summed E-state index contributed by atoms with van der Waals surface area (Å²) in [4.78, 5) is 22.4. The second-order valence-electron chi connectivity index (χ2n) is 4.33. The highest BCUT2D eigenvalue weighted by atomic mass is 16.5. The highest BCUT2D eigenvalue weighted by Gasteiger charge is 2.07. The van der Waals surface area contributed by atoms with Crippen molar-refractivity contribution in [1.29, 1.82) is 0 Å². The van der Waals surface area contributed by atoms with Crippen molar-refractivity contribution in [2.45, 2.75) is 6.92 Å². The number of rotatable bonds is 5. The van der Waals surface area contributed by atoms with Crippen molar-refractivity contribution in [3.63, 3.8) is 0 Å². The summed E-state index contributed by atoms with van der Waals surface area (Å²) in [7, 11) is 1.50. The highest BCUT2D eigenvalue weighted by Crippen LogP contribution is 2.15. The Labute approximate surface area is 130 Å². The maximum atomic E-state index is 12.1. The van der Waals surface area contributed by atoms with Gasteiger partial charge in [0, 0.05) is 11.3 Å². The minimum absolute atomic E-state index is 0.0248. The van der Waals surface area contributed by atoms with Crippen molar-refractivity contribution in [3.8, 4) is 5.75 Å². The molecule has 0 fully saturated rings. The quantitative estimate of drug-likeness (QED) is 0.831. The Morgan fingerprint density at radius 3 is 2.50 bits per heavy atom. The van der Waals surface area contributed by atoms with E-state index in [4.69, 9.17) is 4.74 Å². The summed E-state index contributed by atoms with van der Waals surface area (Å²) in [6, 6.07) is 14.3. The van der Waals surface area contributed by atoms with Gasteiger partial charge < -0.3 is 15.8 Å². The lowest BCUT2D eigenvalue weighted by atomic mass is 10.2. The van der Waals surface area contributed by atoms with Crippen LogP contribution in [0.2, 0.25) is 0 Å². The third-order valence-electron chi connectivity index (χ3n) is 2.72. The van der Waals surface area contributed by atoms with Crippen molar-refractivity contribution < 1.29 is 14.3 Å². The van der Waals surface area contributed by atoms with Gasteiger partial charge in [-0.25, -0.2) is 0 Å². The van der Waals surface area contributed by atoms with E-state index in [2.05, 4.69) is 11.1 Å². The molecule has 5 nitrogen and oxygen atoms in total. The second-order valence-corrected chi connectivity index (χ2v) is 4.33. The summed E-state index contributed by atoms with van der Waals surface area (Å²) in [5, 5.41) is 2.80. The first-order valence-corrected chi connectivity index (χ1v) is 6.81. The van der Waals surface area contributed by atoms with Gasteiger partial charge >= 0.3 is 0 Å². The van der Waals surface area contributed by atoms with Crippen LogP contribution in [0.3, 0.4) is 0 Å². The van der Waals surface area contributed by atoms with Gasteiger partial charge in [-0.3, -0.25) is 9.59 Å². The molecule has 0 radical (unpaired) electrons. The van der Waals surface area contributed by atoms with Gasteiger partial charge in [0.25, 0.3) is 5.91 Å². The molecular weight excluding hydrogens is 280 g/mol. The summed E-state index contributed by atoms with van der Waals surface area (Å²) in [6.45, 7) is 1.96. The molecule has 0 unspecified atom stereocenters. The third-order valence-corrected chi connectivity index (χ3v) is 2.72. The number of anilines is 1. The molecule has 22 heavy (non-hydrogen) atoms. The summed E-state index contributed by atoms with van der Waals surface area (Å²) in [5.41, 5.74) is 6.85. The first kappa shape index (κ1) is 17.4. The molecule has 0 heterocycles. The lowest BCUT2D eigenvalue weighted by Gasteiger charge is -2.07. The standard InChI is InChI=1S/C16H15NO3.CH5N/c1-12-5-7-14(8-6-12)17-16(19)13-3-2-4-15(11-13)20-10-9-18;1-2/h2-9,11H,10H2,1H3,(H,17,19);2H2,1H3. The Morgan fingerprint density at radius 2 is 1.86 bits per heavy atom. The zero-order valence-corrected chi connectivity index (χ0v) is 12.7. The van der Waals surface area contributed by atoms with E-state index in [1.165, 1.54) is 7.05 Å². The lowest BCUT2D eigenvalue weighted by molar-refractivity contribution is -0.109. The molecular formula is C17H20N2O3. The van der Waals surface area contributed by atoms with Gasteiger partial charge in [0.15, 0.2) is 6.29 Å². The molecule has 0 spiro atoms. The van der Waals surface area contributed by atoms with Crippen molar-refractivity contribution in [2.24, 2.45) is 5.73 Å². The fraction of sp³-hybridized carbons (Fsp3) is 0.176. The highest BCUT2D eigenvalue weighted by molar-refractivity contribution is 6.04. The molecule has 0 aliphatic rings. The van der Waals surface area contributed by atoms with E-state index in [9.17, 15) is 9.59 Å². The Hall–Kier alpha value is -2.66. The number of hydrogen-bond acceptors (Lipinski definition) is 4. The molecule has 0 atom stereocenters. The molecule has 2 aromatic rings. The second kappa shape index (κ2) is 9.31. The van der Waals surface area contributed by atoms with Crippen LogP contribution in [-0.4, -0.2) is 25.8 Å². The average Bonchev–Trinajstić information content (AvgIpc) is 2.57. The summed E-state index contributed by atoms with van der Waals surface area (Å²) < 4.78 is 5.16. The Bertz CT molecular complexity index is 610. The molecule has 3 N–H and O–H groups in total. The minimum Gasteiger partial charge on any atom is -0.486 e.